The molecule has 1 aliphatic rings. The minimum Gasteiger partial charge on any atom is -0.481 e. The summed E-state index contributed by atoms with van der Waals surface area (Å²) in [5.74, 6) is 1.50. The first-order valence-electron chi connectivity index (χ1n) is 8.63. The van der Waals surface area contributed by atoms with Crippen molar-refractivity contribution in [2.75, 3.05) is 12.4 Å². The molecule has 2 aromatic carbocycles. The highest BCUT2D eigenvalue weighted by atomic mass is 35.5. The van der Waals surface area contributed by atoms with Crippen LogP contribution < -0.4 is 19.5 Å². The molecule has 2 N–H and O–H groups in total. The van der Waals surface area contributed by atoms with Gasteiger partial charge in [-0.1, -0.05) is 29.8 Å². The number of rotatable bonds is 5. The monoisotopic (exact) mass is 430 g/mol. The highest BCUT2D eigenvalue weighted by molar-refractivity contribution is 7.98. The summed E-state index contributed by atoms with van der Waals surface area (Å²) in [5.41, 5.74) is 0.936. The van der Waals surface area contributed by atoms with Gasteiger partial charge in [-0.2, -0.15) is 0 Å². The molecule has 29 heavy (non-hydrogen) atoms. The molecule has 4 rings (SSSR count). The third-order valence-corrected chi connectivity index (χ3v) is 5.20. The molecule has 0 unspecified atom stereocenters. The normalized spacial score (nSPS) is 14.0. The van der Waals surface area contributed by atoms with Gasteiger partial charge in [0.2, 0.25) is 11.8 Å². The molecule has 0 fully saturated rings. The van der Waals surface area contributed by atoms with Gasteiger partial charge >= 0.3 is 0 Å². The van der Waals surface area contributed by atoms with Gasteiger partial charge in [0.25, 0.3) is 0 Å². The van der Waals surface area contributed by atoms with E-state index in [2.05, 4.69) is 20.0 Å². The number of methoxy groups -OCH3 is 1. The van der Waals surface area contributed by atoms with Crippen LogP contribution in [0.2, 0.25) is 5.02 Å². The lowest BCUT2D eigenvalue weighted by atomic mass is 10.2. The van der Waals surface area contributed by atoms with E-state index in [1.165, 1.54) is 31.2 Å². The van der Waals surface area contributed by atoms with Crippen LogP contribution in [0.25, 0.3) is 0 Å². The Hall–Kier alpha value is -2.97. The van der Waals surface area contributed by atoms with Gasteiger partial charge in [0.15, 0.2) is 5.75 Å². The number of halogens is 2. The summed E-state index contributed by atoms with van der Waals surface area (Å²) in [6, 6.07) is 15.7. The molecule has 0 amide bonds. The van der Waals surface area contributed by atoms with Crippen molar-refractivity contribution in [3.8, 4) is 17.4 Å². The summed E-state index contributed by atoms with van der Waals surface area (Å²) in [5, 5.41) is 3.71. The number of guanidine groups is 1. The molecule has 0 bridgehead atoms. The van der Waals surface area contributed by atoms with Crippen molar-refractivity contribution < 1.29 is 13.9 Å². The number of ether oxygens (including phenoxy) is 2. The smallest absolute Gasteiger partial charge is 0.213 e. The first-order valence-corrected chi connectivity index (χ1v) is 9.82. The van der Waals surface area contributed by atoms with Crippen molar-refractivity contribution in [2.45, 2.75) is 11.4 Å². The van der Waals surface area contributed by atoms with Gasteiger partial charge in [0.1, 0.15) is 17.3 Å². The van der Waals surface area contributed by atoms with E-state index in [0.717, 1.165) is 10.6 Å². The minimum absolute atomic E-state index is 0.0434. The maximum atomic E-state index is 14.0. The van der Waals surface area contributed by atoms with E-state index in [9.17, 15) is 4.39 Å². The average molecular weight is 431 g/mol. The topological polar surface area (TPSA) is 67.8 Å². The van der Waals surface area contributed by atoms with E-state index in [-0.39, 0.29) is 12.2 Å². The summed E-state index contributed by atoms with van der Waals surface area (Å²) in [6.45, 7) is 0.0434. The Bertz CT molecular complexity index is 1080. The molecule has 0 spiro atoms. The minimum atomic E-state index is -0.443. The average Bonchev–Trinajstić information content (AvgIpc) is 2.75. The molecule has 1 aliphatic heterocycles. The van der Waals surface area contributed by atoms with Crippen LogP contribution >= 0.6 is 23.5 Å². The van der Waals surface area contributed by atoms with Crippen LogP contribution in [0.1, 0.15) is 5.69 Å². The Kier molecular flexibility index (Phi) is 5.73. The Labute approximate surface area is 176 Å². The van der Waals surface area contributed by atoms with E-state index in [4.69, 9.17) is 21.1 Å². The fourth-order valence-corrected chi connectivity index (χ4v) is 3.51. The number of nitrogens with zero attached hydrogens (tertiary/aromatic N) is 2. The van der Waals surface area contributed by atoms with Gasteiger partial charge in [-0.3, -0.25) is 4.72 Å². The van der Waals surface area contributed by atoms with Crippen molar-refractivity contribution in [3.63, 3.8) is 0 Å². The fourth-order valence-electron chi connectivity index (χ4n) is 2.61. The van der Waals surface area contributed by atoms with Crippen LogP contribution in [0.3, 0.4) is 0 Å². The second-order valence-electron chi connectivity index (χ2n) is 5.94. The van der Waals surface area contributed by atoms with E-state index >= 15 is 0 Å². The quantitative estimate of drug-likeness (QED) is 0.538. The molecule has 1 aromatic heterocycles. The van der Waals surface area contributed by atoms with Gasteiger partial charge in [0.05, 0.1) is 29.3 Å². The van der Waals surface area contributed by atoms with Gasteiger partial charge in [-0.05, 0) is 42.3 Å². The van der Waals surface area contributed by atoms with Crippen LogP contribution in [0.5, 0.6) is 17.4 Å². The number of anilines is 1. The molecule has 0 saturated heterocycles. The summed E-state index contributed by atoms with van der Waals surface area (Å²) < 4.78 is 28.1. The molecule has 0 atom stereocenters. The zero-order valence-corrected chi connectivity index (χ0v) is 16.9. The Morgan fingerprint density at radius 1 is 1.10 bits per heavy atom. The molecule has 0 saturated carbocycles. The van der Waals surface area contributed by atoms with Crippen LogP contribution in [-0.2, 0) is 6.54 Å². The van der Waals surface area contributed by atoms with Crippen LogP contribution in [0.15, 0.2) is 64.5 Å². The number of hydrogen-bond donors (Lipinski definition) is 2. The van der Waals surface area contributed by atoms with Gasteiger partial charge in [-0.15, -0.1) is 0 Å². The summed E-state index contributed by atoms with van der Waals surface area (Å²) >= 11 is 7.58. The lowest BCUT2D eigenvalue weighted by Gasteiger charge is -2.23. The molecule has 2 heterocycles. The van der Waals surface area contributed by atoms with Crippen molar-refractivity contribution >= 4 is 35.2 Å². The number of para-hydroxylation sites is 2. The maximum Gasteiger partial charge on any atom is 0.213 e. The molecular formula is C20H16ClFN4O2S. The fraction of sp³-hybridized carbons (Fsp3) is 0.100. The summed E-state index contributed by atoms with van der Waals surface area (Å²) in [7, 11) is 1.48. The second kappa shape index (κ2) is 8.59. The van der Waals surface area contributed by atoms with Crippen molar-refractivity contribution in [1.29, 1.82) is 0 Å². The molecule has 0 aliphatic carbocycles. The largest absolute Gasteiger partial charge is 0.481 e. The molecule has 6 nitrogen and oxygen atoms in total. The second-order valence-corrected chi connectivity index (χ2v) is 7.19. The van der Waals surface area contributed by atoms with Crippen molar-refractivity contribution in [3.05, 3.63) is 71.1 Å². The zero-order valence-electron chi connectivity index (χ0n) is 15.3. The zero-order chi connectivity index (χ0) is 20.2. The summed E-state index contributed by atoms with van der Waals surface area (Å²) in [4.78, 5) is 9.41. The first-order chi connectivity index (χ1) is 14.1. The van der Waals surface area contributed by atoms with Crippen molar-refractivity contribution in [2.24, 2.45) is 4.99 Å². The molecule has 0 radical (unpaired) electrons. The predicted octanol–water partition coefficient (Wildman–Crippen LogP) is 5.25. The SMILES string of the molecule is COc1ccc(F)c(CN=C2NSc3cccc(Oc4ccccc4Cl)c3N2)n1. The highest BCUT2D eigenvalue weighted by Crippen LogP contribution is 2.40. The summed E-state index contributed by atoms with van der Waals surface area (Å²) in [6.07, 6.45) is 0. The van der Waals surface area contributed by atoms with Crippen LogP contribution in [0.4, 0.5) is 10.1 Å². The number of nitrogens with one attached hydrogen (secondary N) is 2. The van der Waals surface area contributed by atoms with E-state index in [1.807, 2.05) is 30.3 Å². The molecule has 3 aromatic rings. The third kappa shape index (κ3) is 4.38. The van der Waals surface area contributed by atoms with Gasteiger partial charge < -0.3 is 14.8 Å². The number of aliphatic imine (C=N–C) groups is 1. The number of aromatic nitrogens is 1. The lowest BCUT2D eigenvalue weighted by molar-refractivity contribution is 0.393. The Morgan fingerprint density at radius 2 is 1.93 bits per heavy atom. The van der Waals surface area contributed by atoms with Gasteiger partial charge in [0, 0.05) is 6.07 Å². The van der Waals surface area contributed by atoms with Gasteiger partial charge in [-0.25, -0.2) is 14.4 Å². The molecular weight excluding hydrogens is 415 g/mol. The number of hydrogen-bond acceptors (Lipinski definition) is 5. The van der Waals surface area contributed by atoms with E-state index < -0.39 is 5.82 Å². The number of fused-ring (bicyclic) bond motifs is 1. The van der Waals surface area contributed by atoms with Crippen molar-refractivity contribution in [1.82, 2.24) is 9.71 Å². The van der Waals surface area contributed by atoms with Crippen LogP contribution in [0, 0.1) is 5.82 Å². The maximum absolute atomic E-state index is 14.0. The Morgan fingerprint density at radius 3 is 2.76 bits per heavy atom. The third-order valence-electron chi connectivity index (χ3n) is 4.03. The first kappa shape index (κ1) is 19.4. The van der Waals surface area contributed by atoms with Crippen LogP contribution in [-0.4, -0.2) is 18.1 Å². The standard InChI is InChI=1S/C20H16ClFN4O2S/c1-27-18-10-9-13(22)14(24-18)11-23-20-25-19-16(7-4-8-17(19)29-26-20)28-15-6-3-2-5-12(15)21/h2-10H,11H2,1H3,(H2,23,25,26). The predicted molar refractivity (Wildman–Crippen MR) is 112 cm³/mol. The highest BCUT2D eigenvalue weighted by Gasteiger charge is 2.19. The molecule has 148 valence electrons. The number of benzene rings is 2. The number of pyridine rings is 1. The Balaban J connectivity index is 1.56. The lowest BCUT2D eigenvalue weighted by Crippen LogP contribution is -2.29. The van der Waals surface area contributed by atoms with E-state index in [0.29, 0.717) is 28.4 Å². The molecule has 9 heteroatoms. The van der Waals surface area contributed by atoms with E-state index in [1.54, 1.807) is 12.1 Å².